The molecule has 0 heterocycles. The molecule has 0 heteroatoms. The van der Waals surface area contributed by atoms with Gasteiger partial charge >= 0.3 is 0 Å². The van der Waals surface area contributed by atoms with Crippen molar-refractivity contribution in [2.45, 2.75) is 33.1 Å². The zero-order valence-electron chi connectivity index (χ0n) is 6.93. The smallest absolute Gasteiger partial charge is 0.0225 e. The zero-order valence-corrected chi connectivity index (χ0v) is 6.93. The third-order valence-corrected chi connectivity index (χ3v) is 1.95. The van der Waals surface area contributed by atoms with Gasteiger partial charge in [-0.15, -0.1) is 0 Å². The average molecular weight is 136 g/mol. The summed E-state index contributed by atoms with van der Waals surface area (Å²) >= 11 is 0. The van der Waals surface area contributed by atoms with Crippen LogP contribution in [-0.4, -0.2) is 0 Å². The van der Waals surface area contributed by atoms with E-state index in [4.69, 9.17) is 0 Å². The summed E-state index contributed by atoms with van der Waals surface area (Å²) < 4.78 is 0. The van der Waals surface area contributed by atoms with Crippen molar-refractivity contribution in [1.29, 1.82) is 0 Å². The van der Waals surface area contributed by atoms with Crippen LogP contribution in [0.5, 0.6) is 0 Å². The minimum Gasteiger partial charge on any atom is -0.0882 e. The maximum Gasteiger partial charge on any atom is -0.0225 e. The molecule has 56 valence electrons. The van der Waals surface area contributed by atoms with Gasteiger partial charge in [-0.1, -0.05) is 30.7 Å². The Balaban J connectivity index is 2.54. The van der Waals surface area contributed by atoms with Crippen LogP contribution in [0.15, 0.2) is 23.8 Å². The van der Waals surface area contributed by atoms with E-state index >= 15 is 0 Å². The van der Waals surface area contributed by atoms with Crippen LogP contribution in [0, 0.1) is 5.92 Å². The highest BCUT2D eigenvalue weighted by Gasteiger charge is 1.98. The second kappa shape index (κ2) is 3.60. The van der Waals surface area contributed by atoms with E-state index in [-0.39, 0.29) is 0 Å². The Kier molecular flexibility index (Phi) is 2.73. The predicted octanol–water partition coefficient (Wildman–Crippen LogP) is 3.31. The van der Waals surface area contributed by atoms with Gasteiger partial charge in [0.25, 0.3) is 0 Å². The van der Waals surface area contributed by atoms with Gasteiger partial charge in [-0.3, -0.25) is 0 Å². The topological polar surface area (TPSA) is 0 Å². The van der Waals surface area contributed by atoms with Gasteiger partial charge in [0, 0.05) is 0 Å². The monoisotopic (exact) mass is 136 g/mol. The van der Waals surface area contributed by atoms with E-state index in [9.17, 15) is 0 Å². The Hall–Kier alpha value is -0.520. The molecule has 1 rings (SSSR count). The molecule has 0 N–H and O–H groups in total. The molecule has 0 fully saturated rings. The lowest BCUT2D eigenvalue weighted by Gasteiger charge is -2.07. The van der Waals surface area contributed by atoms with Crippen molar-refractivity contribution in [2.24, 2.45) is 5.92 Å². The van der Waals surface area contributed by atoms with Crippen LogP contribution in [0.3, 0.4) is 0 Å². The summed E-state index contributed by atoms with van der Waals surface area (Å²) in [5.74, 6) is 0.747. The maximum absolute atomic E-state index is 2.39. The van der Waals surface area contributed by atoms with Gasteiger partial charge in [0.1, 0.15) is 0 Å². The van der Waals surface area contributed by atoms with E-state index in [1.54, 1.807) is 5.57 Å². The highest BCUT2D eigenvalue weighted by molar-refractivity contribution is 5.05. The molecule has 0 bridgehead atoms. The lowest BCUT2D eigenvalue weighted by atomic mass is 9.99. The molecule has 0 saturated carbocycles. The first-order valence-electron chi connectivity index (χ1n) is 4.11. The lowest BCUT2D eigenvalue weighted by Crippen LogP contribution is -1.91. The van der Waals surface area contributed by atoms with Crippen molar-refractivity contribution in [2.75, 3.05) is 0 Å². The van der Waals surface area contributed by atoms with Crippen LogP contribution in [-0.2, 0) is 0 Å². The van der Waals surface area contributed by atoms with Crippen LogP contribution in [0.4, 0.5) is 0 Å². The van der Waals surface area contributed by atoms with Crippen LogP contribution in [0.2, 0.25) is 0 Å². The standard InChI is InChI=1S/C10H16/c1-9-6-4-3-5-7-10(2)8-9/h3-4,8-9H,5-7H2,1-2H3/b4-3-,10-8-. The molecular weight excluding hydrogens is 120 g/mol. The Morgan fingerprint density at radius 2 is 2.20 bits per heavy atom. The number of hydrogen-bond donors (Lipinski definition) is 0. The van der Waals surface area contributed by atoms with Crippen LogP contribution in [0.25, 0.3) is 0 Å². The summed E-state index contributed by atoms with van der Waals surface area (Å²) in [5.41, 5.74) is 1.55. The summed E-state index contributed by atoms with van der Waals surface area (Å²) in [6.45, 7) is 4.51. The van der Waals surface area contributed by atoms with Gasteiger partial charge in [0.15, 0.2) is 0 Å². The van der Waals surface area contributed by atoms with Crippen LogP contribution in [0.1, 0.15) is 33.1 Å². The van der Waals surface area contributed by atoms with Crippen molar-refractivity contribution in [3.63, 3.8) is 0 Å². The summed E-state index contributed by atoms with van der Waals surface area (Å²) in [6, 6.07) is 0. The van der Waals surface area contributed by atoms with Gasteiger partial charge in [0.05, 0.1) is 0 Å². The Labute approximate surface area is 63.6 Å². The molecule has 1 atom stereocenters. The maximum atomic E-state index is 2.39. The molecule has 0 aromatic carbocycles. The average Bonchev–Trinajstić information content (AvgIpc) is 1.83. The molecule has 0 saturated heterocycles. The number of rotatable bonds is 0. The van der Waals surface area contributed by atoms with E-state index < -0.39 is 0 Å². The Morgan fingerprint density at radius 1 is 1.40 bits per heavy atom. The SMILES string of the molecule is C/C1=C/C(C)C/C=C\CC1. The summed E-state index contributed by atoms with van der Waals surface area (Å²) in [5, 5.41) is 0. The predicted molar refractivity (Wildman–Crippen MR) is 45.9 cm³/mol. The highest BCUT2D eigenvalue weighted by atomic mass is 14.0. The highest BCUT2D eigenvalue weighted by Crippen LogP contribution is 2.15. The van der Waals surface area contributed by atoms with Gasteiger partial charge in [-0.2, -0.15) is 0 Å². The fourth-order valence-electron chi connectivity index (χ4n) is 1.38. The Bertz CT molecular complexity index is 151. The normalized spacial score (nSPS) is 35.4. The molecule has 1 aliphatic carbocycles. The molecule has 0 amide bonds. The first kappa shape index (κ1) is 7.59. The fraction of sp³-hybridized carbons (Fsp3) is 0.600. The number of hydrogen-bond acceptors (Lipinski definition) is 0. The summed E-state index contributed by atoms with van der Waals surface area (Å²) in [4.78, 5) is 0. The summed E-state index contributed by atoms with van der Waals surface area (Å²) in [6.07, 6.45) is 10.7. The summed E-state index contributed by atoms with van der Waals surface area (Å²) in [7, 11) is 0. The van der Waals surface area contributed by atoms with Gasteiger partial charge in [0.2, 0.25) is 0 Å². The van der Waals surface area contributed by atoms with E-state index in [1.807, 2.05) is 0 Å². The van der Waals surface area contributed by atoms with Gasteiger partial charge in [-0.25, -0.2) is 0 Å². The van der Waals surface area contributed by atoms with Crippen molar-refractivity contribution in [3.8, 4) is 0 Å². The second-order valence-electron chi connectivity index (χ2n) is 3.24. The number of allylic oxidation sites excluding steroid dienone is 4. The molecule has 0 aromatic heterocycles. The molecule has 10 heavy (non-hydrogen) atoms. The van der Waals surface area contributed by atoms with Gasteiger partial charge in [-0.05, 0) is 32.1 Å². The van der Waals surface area contributed by atoms with Crippen molar-refractivity contribution in [1.82, 2.24) is 0 Å². The quantitative estimate of drug-likeness (QED) is 0.448. The zero-order chi connectivity index (χ0) is 7.40. The second-order valence-corrected chi connectivity index (χ2v) is 3.24. The Morgan fingerprint density at radius 3 is 3.00 bits per heavy atom. The molecule has 0 nitrogen and oxygen atoms in total. The minimum atomic E-state index is 0.747. The van der Waals surface area contributed by atoms with Crippen LogP contribution < -0.4 is 0 Å². The first-order chi connectivity index (χ1) is 4.79. The largest absolute Gasteiger partial charge is 0.0882 e. The molecule has 1 aliphatic rings. The van der Waals surface area contributed by atoms with E-state index in [0.29, 0.717) is 0 Å². The fourth-order valence-corrected chi connectivity index (χ4v) is 1.38. The molecular formula is C10H16. The molecule has 0 aliphatic heterocycles. The van der Waals surface area contributed by atoms with Crippen LogP contribution >= 0.6 is 0 Å². The molecule has 0 radical (unpaired) electrons. The van der Waals surface area contributed by atoms with Gasteiger partial charge < -0.3 is 0 Å². The first-order valence-corrected chi connectivity index (χ1v) is 4.11. The molecule has 0 spiro atoms. The molecule has 0 aromatic rings. The van der Waals surface area contributed by atoms with E-state index in [0.717, 1.165) is 5.92 Å². The lowest BCUT2D eigenvalue weighted by molar-refractivity contribution is 0.718. The van der Waals surface area contributed by atoms with E-state index in [2.05, 4.69) is 32.1 Å². The van der Waals surface area contributed by atoms with Crippen molar-refractivity contribution in [3.05, 3.63) is 23.8 Å². The van der Waals surface area contributed by atoms with Crippen molar-refractivity contribution >= 4 is 0 Å². The molecule has 1 unspecified atom stereocenters. The minimum absolute atomic E-state index is 0.747. The van der Waals surface area contributed by atoms with E-state index in [1.165, 1.54) is 19.3 Å². The third kappa shape index (κ3) is 2.38. The van der Waals surface area contributed by atoms with Crippen molar-refractivity contribution < 1.29 is 0 Å². The third-order valence-electron chi connectivity index (χ3n) is 1.95.